The van der Waals surface area contributed by atoms with E-state index in [0.717, 1.165) is 36.3 Å². The van der Waals surface area contributed by atoms with Gasteiger partial charge in [-0.25, -0.2) is 4.98 Å². The minimum Gasteiger partial charge on any atom is -0.494 e. The summed E-state index contributed by atoms with van der Waals surface area (Å²) in [6, 6.07) is 9.13. The average molecular weight is 327 g/mol. The number of hydrogen-bond donors (Lipinski definition) is 2. The molecule has 24 heavy (non-hydrogen) atoms. The van der Waals surface area contributed by atoms with Gasteiger partial charge in [-0.3, -0.25) is 4.79 Å². The number of aromatic nitrogens is 1. The van der Waals surface area contributed by atoms with E-state index in [1.165, 1.54) is 0 Å². The second-order valence-corrected chi connectivity index (χ2v) is 5.86. The highest BCUT2D eigenvalue weighted by Crippen LogP contribution is 2.20. The van der Waals surface area contributed by atoms with E-state index in [2.05, 4.69) is 17.2 Å². The molecule has 1 aromatic carbocycles. The van der Waals surface area contributed by atoms with Gasteiger partial charge in [0.25, 0.3) is 5.91 Å². The molecule has 3 N–H and O–H groups in total. The van der Waals surface area contributed by atoms with Crippen LogP contribution in [-0.2, 0) is 0 Å². The van der Waals surface area contributed by atoms with E-state index >= 15 is 0 Å². The third-order valence-electron chi connectivity index (χ3n) is 3.85. The van der Waals surface area contributed by atoms with Gasteiger partial charge in [0.1, 0.15) is 11.6 Å². The van der Waals surface area contributed by atoms with Crippen molar-refractivity contribution in [1.82, 2.24) is 4.98 Å². The van der Waals surface area contributed by atoms with Crippen molar-refractivity contribution in [2.24, 2.45) is 0 Å². The van der Waals surface area contributed by atoms with E-state index in [1.54, 1.807) is 6.07 Å². The van der Waals surface area contributed by atoms with E-state index in [0.29, 0.717) is 17.9 Å². The van der Waals surface area contributed by atoms with Crippen LogP contribution in [0.4, 0.5) is 11.5 Å². The normalized spacial score (nSPS) is 10.5. The zero-order chi connectivity index (χ0) is 17.5. The third-order valence-corrected chi connectivity index (χ3v) is 3.85. The fourth-order valence-corrected chi connectivity index (χ4v) is 2.31. The van der Waals surface area contributed by atoms with Crippen LogP contribution in [0.15, 0.2) is 30.3 Å². The molecule has 1 aromatic heterocycles. The van der Waals surface area contributed by atoms with Crippen LogP contribution in [0.1, 0.15) is 47.8 Å². The molecule has 5 nitrogen and oxygen atoms in total. The number of nitrogens with one attached hydrogen (secondary N) is 1. The molecule has 2 aromatic rings. The van der Waals surface area contributed by atoms with Crippen LogP contribution >= 0.6 is 0 Å². The molecule has 0 saturated heterocycles. The van der Waals surface area contributed by atoms with Gasteiger partial charge in [0.05, 0.1) is 12.2 Å². The molecule has 0 unspecified atom stereocenters. The first-order valence-corrected chi connectivity index (χ1v) is 8.29. The van der Waals surface area contributed by atoms with Gasteiger partial charge in [-0.1, -0.05) is 25.8 Å². The maximum absolute atomic E-state index is 12.4. The number of anilines is 2. The summed E-state index contributed by atoms with van der Waals surface area (Å²) in [5.74, 6) is 0.712. The summed E-state index contributed by atoms with van der Waals surface area (Å²) >= 11 is 0. The van der Waals surface area contributed by atoms with Crippen molar-refractivity contribution in [3.05, 3.63) is 47.2 Å². The number of nitrogen functional groups attached to an aromatic ring is 1. The fraction of sp³-hybridized carbons (Fsp3) is 0.368. The lowest BCUT2D eigenvalue weighted by Crippen LogP contribution is -2.16. The van der Waals surface area contributed by atoms with Gasteiger partial charge in [0, 0.05) is 17.4 Å². The average Bonchev–Trinajstić information content (AvgIpc) is 2.55. The fourth-order valence-electron chi connectivity index (χ4n) is 2.31. The molecule has 5 heteroatoms. The largest absolute Gasteiger partial charge is 0.494 e. The Balaban J connectivity index is 2.05. The van der Waals surface area contributed by atoms with Gasteiger partial charge >= 0.3 is 0 Å². The molecule has 0 fully saturated rings. The summed E-state index contributed by atoms with van der Waals surface area (Å²) < 4.78 is 5.71. The molecule has 1 heterocycles. The highest BCUT2D eigenvalue weighted by molar-refractivity contribution is 6.07. The monoisotopic (exact) mass is 327 g/mol. The molecule has 0 saturated carbocycles. The molecule has 0 bridgehead atoms. The Hall–Kier alpha value is -2.56. The van der Waals surface area contributed by atoms with Crippen LogP contribution in [0.2, 0.25) is 0 Å². The molecule has 0 aliphatic rings. The lowest BCUT2D eigenvalue weighted by Gasteiger charge is -2.11. The van der Waals surface area contributed by atoms with Crippen LogP contribution in [0.3, 0.4) is 0 Å². The quantitative estimate of drug-likeness (QED) is 0.751. The lowest BCUT2D eigenvalue weighted by molar-refractivity contribution is 0.102. The number of carbonyl (C=O) groups excluding carboxylic acids is 1. The van der Waals surface area contributed by atoms with Crippen molar-refractivity contribution in [2.45, 2.75) is 40.0 Å². The van der Waals surface area contributed by atoms with Gasteiger partial charge in [0.15, 0.2) is 0 Å². The Morgan fingerprint density at radius 2 is 2.04 bits per heavy atom. The second kappa shape index (κ2) is 8.34. The molecular formula is C19H25N3O2. The van der Waals surface area contributed by atoms with Gasteiger partial charge in [-0.2, -0.15) is 0 Å². The van der Waals surface area contributed by atoms with Crippen LogP contribution in [-0.4, -0.2) is 17.5 Å². The summed E-state index contributed by atoms with van der Waals surface area (Å²) in [5.41, 5.74) is 8.68. The topological polar surface area (TPSA) is 77.2 Å². The maximum Gasteiger partial charge on any atom is 0.259 e. The molecule has 0 aliphatic carbocycles. The number of nitrogens with zero attached hydrogens (tertiary/aromatic N) is 1. The first kappa shape index (κ1) is 17.8. The molecular weight excluding hydrogens is 302 g/mol. The molecule has 0 radical (unpaired) electrons. The van der Waals surface area contributed by atoms with E-state index < -0.39 is 0 Å². The maximum atomic E-state index is 12.4. The van der Waals surface area contributed by atoms with Crippen molar-refractivity contribution in [2.75, 3.05) is 17.7 Å². The van der Waals surface area contributed by atoms with Gasteiger partial charge in [-0.05, 0) is 44.0 Å². The zero-order valence-corrected chi connectivity index (χ0v) is 14.6. The van der Waals surface area contributed by atoms with Crippen molar-refractivity contribution >= 4 is 17.4 Å². The highest BCUT2D eigenvalue weighted by atomic mass is 16.5. The van der Waals surface area contributed by atoms with Crippen molar-refractivity contribution < 1.29 is 9.53 Å². The minimum absolute atomic E-state index is 0.238. The van der Waals surface area contributed by atoms with E-state index in [1.807, 2.05) is 38.1 Å². The van der Waals surface area contributed by atoms with Crippen LogP contribution < -0.4 is 15.8 Å². The predicted molar refractivity (Wildman–Crippen MR) is 97.5 cm³/mol. The molecule has 0 atom stereocenters. The first-order chi connectivity index (χ1) is 11.5. The van der Waals surface area contributed by atoms with Crippen molar-refractivity contribution in [3.63, 3.8) is 0 Å². The molecule has 1 amide bonds. The Labute approximate surface area is 143 Å². The van der Waals surface area contributed by atoms with Gasteiger partial charge in [-0.15, -0.1) is 0 Å². The summed E-state index contributed by atoms with van der Waals surface area (Å²) in [6.45, 7) is 6.61. The van der Waals surface area contributed by atoms with Crippen molar-refractivity contribution in [3.8, 4) is 5.75 Å². The van der Waals surface area contributed by atoms with Crippen LogP contribution in [0.25, 0.3) is 0 Å². The number of aryl methyl sites for hydroxylation is 2. The summed E-state index contributed by atoms with van der Waals surface area (Å²) in [4.78, 5) is 16.6. The van der Waals surface area contributed by atoms with E-state index in [4.69, 9.17) is 10.5 Å². The summed E-state index contributed by atoms with van der Waals surface area (Å²) in [5, 5.41) is 2.85. The van der Waals surface area contributed by atoms with Crippen LogP contribution in [0.5, 0.6) is 5.75 Å². The number of carbonyl (C=O) groups is 1. The van der Waals surface area contributed by atoms with Crippen molar-refractivity contribution in [1.29, 1.82) is 0 Å². The first-order valence-electron chi connectivity index (χ1n) is 8.29. The SMILES string of the molecule is CCCCCOc1cccc(NC(=O)c2cc(C)c(C)nc2N)c1. The number of unbranched alkanes of at least 4 members (excludes halogenated alkanes) is 2. The number of hydrogen-bond acceptors (Lipinski definition) is 4. The Morgan fingerprint density at radius 1 is 1.25 bits per heavy atom. The second-order valence-electron chi connectivity index (χ2n) is 5.86. The Morgan fingerprint density at radius 3 is 2.79 bits per heavy atom. The number of rotatable bonds is 7. The number of nitrogens with two attached hydrogens (primary N) is 1. The predicted octanol–water partition coefficient (Wildman–Crippen LogP) is 4.10. The third kappa shape index (κ3) is 4.72. The Bertz CT molecular complexity index is 714. The summed E-state index contributed by atoms with van der Waals surface area (Å²) in [7, 11) is 0. The zero-order valence-electron chi connectivity index (χ0n) is 14.6. The molecule has 128 valence electrons. The van der Waals surface area contributed by atoms with Gasteiger partial charge < -0.3 is 15.8 Å². The molecule has 0 aliphatic heterocycles. The standard InChI is InChI=1S/C19H25N3O2/c1-4-5-6-10-24-16-9-7-8-15(12-16)22-19(23)17-11-13(2)14(3)21-18(17)20/h7-9,11-12H,4-6,10H2,1-3H3,(H2,20,21)(H,22,23). The van der Waals surface area contributed by atoms with Crippen LogP contribution in [0, 0.1) is 13.8 Å². The summed E-state index contributed by atoms with van der Waals surface area (Å²) in [6.07, 6.45) is 3.33. The number of amides is 1. The number of ether oxygens (including phenoxy) is 1. The highest BCUT2D eigenvalue weighted by Gasteiger charge is 2.13. The smallest absolute Gasteiger partial charge is 0.259 e. The van der Waals surface area contributed by atoms with Gasteiger partial charge in [0.2, 0.25) is 0 Å². The number of pyridine rings is 1. The molecule has 2 rings (SSSR count). The molecule has 0 spiro atoms. The number of benzene rings is 1. The van der Waals surface area contributed by atoms with E-state index in [9.17, 15) is 4.79 Å². The lowest BCUT2D eigenvalue weighted by atomic mass is 10.1. The Kier molecular flexibility index (Phi) is 6.18. The minimum atomic E-state index is -0.272. The van der Waals surface area contributed by atoms with E-state index in [-0.39, 0.29) is 11.7 Å².